The van der Waals surface area contributed by atoms with Gasteiger partial charge in [-0.25, -0.2) is 0 Å². The highest BCUT2D eigenvalue weighted by atomic mass is 16.3. The van der Waals surface area contributed by atoms with Crippen molar-refractivity contribution in [2.75, 3.05) is 25.0 Å². The monoisotopic (exact) mass is 302 g/mol. The van der Waals surface area contributed by atoms with E-state index in [0.29, 0.717) is 6.54 Å². The number of hydrogen-bond donors (Lipinski definition) is 2. The van der Waals surface area contributed by atoms with Gasteiger partial charge in [-0.15, -0.1) is 0 Å². The zero-order valence-electron chi connectivity index (χ0n) is 13.3. The summed E-state index contributed by atoms with van der Waals surface area (Å²) < 4.78 is 0. The lowest BCUT2D eigenvalue weighted by Gasteiger charge is -2.31. The lowest BCUT2D eigenvalue weighted by Crippen LogP contribution is -2.35. The number of aliphatic hydroxyl groups is 1. The van der Waals surface area contributed by atoms with Gasteiger partial charge in [-0.1, -0.05) is 19.1 Å². The van der Waals surface area contributed by atoms with Gasteiger partial charge in [-0.05, 0) is 62.4 Å². The second-order valence-corrected chi connectivity index (χ2v) is 6.88. The van der Waals surface area contributed by atoms with Crippen LogP contribution in [0, 0.1) is 11.8 Å². The Morgan fingerprint density at radius 2 is 1.86 bits per heavy atom. The summed E-state index contributed by atoms with van der Waals surface area (Å²) in [5.74, 6) is 1.14. The van der Waals surface area contributed by atoms with Crippen LogP contribution in [0.25, 0.3) is 0 Å². The van der Waals surface area contributed by atoms with E-state index in [1.165, 1.54) is 12.8 Å². The zero-order valence-corrected chi connectivity index (χ0v) is 13.3. The molecule has 22 heavy (non-hydrogen) atoms. The van der Waals surface area contributed by atoms with Crippen LogP contribution < -0.4 is 5.32 Å². The summed E-state index contributed by atoms with van der Waals surface area (Å²) >= 11 is 0. The largest absolute Gasteiger partial charge is 0.387 e. The number of hydrogen-bond acceptors (Lipinski definition) is 3. The first-order chi connectivity index (χ1) is 10.6. The molecule has 4 heteroatoms. The third kappa shape index (κ3) is 4.08. The van der Waals surface area contributed by atoms with E-state index >= 15 is 0 Å². The van der Waals surface area contributed by atoms with Crippen molar-refractivity contribution in [3.8, 4) is 0 Å². The Bertz CT molecular complexity index is 502. The highest BCUT2D eigenvalue weighted by Gasteiger charge is 2.29. The summed E-state index contributed by atoms with van der Waals surface area (Å²) in [6, 6.07) is 7.60. The van der Waals surface area contributed by atoms with Gasteiger partial charge in [0, 0.05) is 18.2 Å². The minimum Gasteiger partial charge on any atom is -0.387 e. The topological polar surface area (TPSA) is 52.6 Å². The summed E-state index contributed by atoms with van der Waals surface area (Å²) in [5, 5.41) is 13.3. The first-order valence-corrected chi connectivity index (χ1v) is 8.43. The van der Waals surface area contributed by atoms with Crippen molar-refractivity contribution in [1.82, 2.24) is 4.90 Å². The van der Waals surface area contributed by atoms with Crippen molar-refractivity contribution < 1.29 is 9.90 Å². The van der Waals surface area contributed by atoms with Crippen molar-refractivity contribution in [2.24, 2.45) is 11.8 Å². The molecule has 1 aliphatic carbocycles. The molecule has 1 aromatic carbocycles. The smallest absolute Gasteiger partial charge is 0.227 e. The van der Waals surface area contributed by atoms with E-state index in [4.69, 9.17) is 0 Å². The summed E-state index contributed by atoms with van der Waals surface area (Å²) in [6.07, 6.45) is 4.01. The number of carbonyl (C=O) groups excluding carboxylic acids is 1. The summed E-state index contributed by atoms with van der Waals surface area (Å²) in [7, 11) is 0. The predicted molar refractivity (Wildman–Crippen MR) is 87.6 cm³/mol. The molecular weight excluding hydrogens is 276 g/mol. The van der Waals surface area contributed by atoms with Gasteiger partial charge >= 0.3 is 0 Å². The molecular formula is C18H26N2O2. The minimum absolute atomic E-state index is 0.121. The van der Waals surface area contributed by atoms with Gasteiger partial charge in [0.1, 0.15) is 0 Å². The Kier molecular flexibility index (Phi) is 4.79. The van der Waals surface area contributed by atoms with E-state index in [9.17, 15) is 9.90 Å². The van der Waals surface area contributed by atoms with Crippen LogP contribution in [0.4, 0.5) is 5.69 Å². The molecule has 0 spiro atoms. The average molecular weight is 302 g/mol. The van der Waals surface area contributed by atoms with Crippen LogP contribution in [0.5, 0.6) is 0 Å². The highest BCUT2D eigenvalue weighted by Crippen LogP contribution is 2.30. The van der Waals surface area contributed by atoms with Crippen LogP contribution in [0.3, 0.4) is 0 Å². The summed E-state index contributed by atoms with van der Waals surface area (Å²) in [5.41, 5.74) is 1.74. The fraction of sp³-hybridized carbons (Fsp3) is 0.611. The van der Waals surface area contributed by atoms with Crippen LogP contribution >= 0.6 is 0 Å². The molecule has 0 bridgehead atoms. The number of amides is 1. The van der Waals surface area contributed by atoms with Crippen molar-refractivity contribution in [1.29, 1.82) is 0 Å². The summed E-state index contributed by atoms with van der Waals surface area (Å²) in [6.45, 7) is 5.14. The molecule has 1 heterocycles. The maximum Gasteiger partial charge on any atom is 0.227 e. The minimum atomic E-state index is -0.457. The van der Waals surface area contributed by atoms with Gasteiger partial charge in [0.15, 0.2) is 0 Å². The standard InChI is InChI=1S/C18H26N2O2/c1-13-8-10-20(11-9-13)12-17(21)14-4-6-16(7-5-14)19-18(22)15-2-3-15/h4-7,13,15,17,21H,2-3,8-12H2,1H3,(H,19,22). The maximum atomic E-state index is 11.7. The quantitative estimate of drug-likeness (QED) is 0.879. The number of likely N-dealkylation sites (tertiary alicyclic amines) is 1. The van der Waals surface area contributed by atoms with Crippen LogP contribution in [0.2, 0.25) is 0 Å². The number of anilines is 1. The predicted octanol–water partition coefficient (Wildman–Crippen LogP) is 2.80. The Labute approximate surface area is 132 Å². The molecule has 1 atom stereocenters. The van der Waals surface area contributed by atoms with Gasteiger partial charge < -0.3 is 15.3 Å². The SMILES string of the molecule is CC1CCN(CC(O)c2ccc(NC(=O)C3CC3)cc2)CC1. The Hall–Kier alpha value is -1.39. The molecule has 1 saturated carbocycles. The Morgan fingerprint density at radius 1 is 1.23 bits per heavy atom. The van der Waals surface area contributed by atoms with Crippen molar-refractivity contribution in [2.45, 2.75) is 38.7 Å². The van der Waals surface area contributed by atoms with Crippen LogP contribution in [-0.4, -0.2) is 35.5 Å². The number of benzene rings is 1. The second kappa shape index (κ2) is 6.80. The molecule has 0 radical (unpaired) electrons. The van der Waals surface area contributed by atoms with E-state index in [0.717, 1.165) is 43.1 Å². The molecule has 2 aliphatic rings. The Morgan fingerprint density at radius 3 is 2.45 bits per heavy atom. The maximum absolute atomic E-state index is 11.7. The van der Waals surface area contributed by atoms with Crippen LogP contribution in [0.15, 0.2) is 24.3 Å². The molecule has 2 fully saturated rings. The molecule has 1 amide bonds. The van der Waals surface area contributed by atoms with Crippen LogP contribution in [0.1, 0.15) is 44.3 Å². The fourth-order valence-corrected chi connectivity index (χ4v) is 2.97. The second-order valence-electron chi connectivity index (χ2n) is 6.88. The fourth-order valence-electron chi connectivity index (χ4n) is 2.97. The number of nitrogens with one attached hydrogen (secondary N) is 1. The number of carbonyl (C=O) groups is 1. The third-order valence-corrected chi connectivity index (χ3v) is 4.82. The molecule has 1 saturated heterocycles. The van der Waals surface area contributed by atoms with Gasteiger partial charge in [-0.2, -0.15) is 0 Å². The molecule has 4 nitrogen and oxygen atoms in total. The average Bonchev–Trinajstić information content (AvgIpc) is 3.35. The number of aliphatic hydroxyl groups excluding tert-OH is 1. The molecule has 1 unspecified atom stereocenters. The first-order valence-electron chi connectivity index (χ1n) is 8.43. The molecule has 2 N–H and O–H groups in total. The van der Waals surface area contributed by atoms with Crippen molar-refractivity contribution in [3.05, 3.63) is 29.8 Å². The van der Waals surface area contributed by atoms with Crippen molar-refractivity contribution in [3.63, 3.8) is 0 Å². The van der Waals surface area contributed by atoms with Crippen molar-refractivity contribution >= 4 is 11.6 Å². The van der Waals surface area contributed by atoms with E-state index in [2.05, 4.69) is 17.1 Å². The molecule has 3 rings (SSSR count). The molecule has 1 aromatic rings. The highest BCUT2D eigenvalue weighted by molar-refractivity contribution is 5.93. The number of piperidine rings is 1. The van der Waals surface area contributed by atoms with Gasteiger partial charge in [0.2, 0.25) is 5.91 Å². The van der Waals surface area contributed by atoms with E-state index in [-0.39, 0.29) is 11.8 Å². The normalized spacial score (nSPS) is 21.5. The number of rotatable bonds is 5. The number of nitrogens with zero attached hydrogens (tertiary/aromatic N) is 1. The van der Waals surface area contributed by atoms with Crippen LogP contribution in [-0.2, 0) is 4.79 Å². The molecule has 0 aromatic heterocycles. The first kappa shape index (κ1) is 15.5. The van der Waals surface area contributed by atoms with Gasteiger partial charge in [-0.3, -0.25) is 4.79 Å². The molecule has 120 valence electrons. The number of β-amino-alcohol motifs (C(OH)–C–C–N with tert-alkyl or cyclic N) is 1. The molecule has 1 aliphatic heterocycles. The lowest BCUT2D eigenvalue weighted by atomic mass is 9.98. The van der Waals surface area contributed by atoms with E-state index < -0.39 is 6.10 Å². The van der Waals surface area contributed by atoms with E-state index in [1.807, 2.05) is 24.3 Å². The van der Waals surface area contributed by atoms with E-state index in [1.54, 1.807) is 0 Å². The Balaban J connectivity index is 1.51. The van der Waals surface area contributed by atoms with Gasteiger partial charge in [0.05, 0.1) is 6.10 Å². The van der Waals surface area contributed by atoms with Gasteiger partial charge in [0.25, 0.3) is 0 Å². The summed E-state index contributed by atoms with van der Waals surface area (Å²) in [4.78, 5) is 14.1. The zero-order chi connectivity index (χ0) is 15.5. The lowest BCUT2D eigenvalue weighted by molar-refractivity contribution is -0.117. The third-order valence-electron chi connectivity index (χ3n) is 4.82.